The Hall–Kier alpha value is -1.10. The van der Waals surface area contributed by atoms with E-state index in [0.717, 1.165) is 45.3 Å². The Morgan fingerprint density at radius 1 is 1.24 bits per heavy atom. The monoisotopic (exact) mass is 239 g/mol. The number of hydrogen-bond acceptors (Lipinski definition) is 3. The number of carbonyl (C=O) groups excluding carboxylic acids is 2. The highest BCUT2D eigenvalue weighted by atomic mass is 16.2. The van der Waals surface area contributed by atoms with E-state index in [1.54, 1.807) is 7.05 Å². The van der Waals surface area contributed by atoms with Crippen LogP contribution >= 0.6 is 0 Å². The van der Waals surface area contributed by atoms with E-state index >= 15 is 0 Å². The summed E-state index contributed by atoms with van der Waals surface area (Å²) in [6.45, 7) is 2.38. The van der Waals surface area contributed by atoms with Crippen LogP contribution in [-0.4, -0.2) is 49.4 Å². The number of rotatable bonds is 2. The van der Waals surface area contributed by atoms with E-state index in [1.807, 2.05) is 4.90 Å². The minimum atomic E-state index is 0.0200. The van der Waals surface area contributed by atoms with Gasteiger partial charge in [-0.3, -0.25) is 9.59 Å². The molecule has 5 nitrogen and oxygen atoms in total. The second kappa shape index (κ2) is 5.49. The van der Waals surface area contributed by atoms with Crippen LogP contribution in [0.4, 0.5) is 0 Å². The first-order valence-electron chi connectivity index (χ1n) is 6.46. The highest BCUT2D eigenvalue weighted by molar-refractivity contribution is 5.83. The summed E-state index contributed by atoms with van der Waals surface area (Å²) < 4.78 is 0. The summed E-state index contributed by atoms with van der Waals surface area (Å²) in [5.74, 6) is 0.412. The first-order valence-corrected chi connectivity index (χ1v) is 6.46. The van der Waals surface area contributed by atoms with Crippen molar-refractivity contribution in [3.8, 4) is 0 Å². The molecule has 2 amide bonds. The van der Waals surface area contributed by atoms with Gasteiger partial charge in [-0.15, -0.1) is 0 Å². The summed E-state index contributed by atoms with van der Waals surface area (Å²) in [6, 6.07) is 0.0200. The third-order valence-electron chi connectivity index (χ3n) is 3.78. The summed E-state index contributed by atoms with van der Waals surface area (Å²) in [6.07, 6.45) is 3.62. The molecule has 0 aromatic rings. The lowest BCUT2D eigenvalue weighted by atomic mass is 9.95. The lowest BCUT2D eigenvalue weighted by molar-refractivity contribution is -0.137. The highest BCUT2D eigenvalue weighted by Crippen LogP contribution is 2.19. The van der Waals surface area contributed by atoms with Crippen molar-refractivity contribution < 1.29 is 9.59 Å². The summed E-state index contributed by atoms with van der Waals surface area (Å²) >= 11 is 0. The first-order chi connectivity index (χ1) is 8.22. The predicted molar refractivity (Wildman–Crippen MR) is 64.4 cm³/mol. The fourth-order valence-electron chi connectivity index (χ4n) is 2.68. The van der Waals surface area contributed by atoms with Crippen molar-refractivity contribution in [1.29, 1.82) is 0 Å². The molecule has 1 unspecified atom stereocenters. The minimum absolute atomic E-state index is 0.0200. The molecule has 2 fully saturated rings. The van der Waals surface area contributed by atoms with Crippen molar-refractivity contribution in [2.24, 2.45) is 5.92 Å². The predicted octanol–water partition coefficient (Wildman–Crippen LogP) is -0.277. The number of amides is 2. The van der Waals surface area contributed by atoms with Gasteiger partial charge in [0.05, 0.1) is 6.04 Å². The lowest BCUT2D eigenvalue weighted by Crippen LogP contribution is -2.48. The van der Waals surface area contributed by atoms with Gasteiger partial charge in [0.2, 0.25) is 11.8 Å². The Kier molecular flexibility index (Phi) is 3.99. The molecule has 0 aromatic carbocycles. The molecule has 0 spiro atoms. The van der Waals surface area contributed by atoms with E-state index in [4.69, 9.17) is 0 Å². The number of piperidine rings is 1. The molecular formula is C12H21N3O2. The molecule has 2 aliphatic rings. The van der Waals surface area contributed by atoms with Gasteiger partial charge in [-0.2, -0.15) is 0 Å². The molecule has 1 atom stereocenters. The largest absolute Gasteiger partial charge is 0.359 e. The average Bonchev–Trinajstić information content (AvgIpc) is 2.91. The highest BCUT2D eigenvalue weighted by Gasteiger charge is 2.31. The molecular weight excluding hydrogens is 218 g/mol. The van der Waals surface area contributed by atoms with E-state index in [2.05, 4.69) is 10.6 Å². The third-order valence-corrected chi connectivity index (χ3v) is 3.78. The summed E-state index contributed by atoms with van der Waals surface area (Å²) in [4.78, 5) is 25.5. The molecule has 0 bridgehead atoms. The van der Waals surface area contributed by atoms with Gasteiger partial charge in [0, 0.05) is 26.1 Å². The van der Waals surface area contributed by atoms with Crippen molar-refractivity contribution in [2.75, 3.05) is 26.7 Å². The smallest absolute Gasteiger partial charge is 0.239 e. The number of nitrogens with zero attached hydrogens (tertiary/aromatic N) is 1. The van der Waals surface area contributed by atoms with E-state index in [-0.39, 0.29) is 23.8 Å². The second-order valence-electron chi connectivity index (χ2n) is 4.86. The topological polar surface area (TPSA) is 61.4 Å². The number of nitrogens with one attached hydrogen (secondary N) is 2. The Bertz CT molecular complexity index is 292. The van der Waals surface area contributed by atoms with E-state index in [9.17, 15) is 9.59 Å². The number of likely N-dealkylation sites (tertiary alicyclic amines) is 1. The molecule has 2 aliphatic heterocycles. The van der Waals surface area contributed by atoms with Gasteiger partial charge < -0.3 is 15.5 Å². The van der Waals surface area contributed by atoms with Crippen molar-refractivity contribution in [2.45, 2.75) is 31.7 Å². The quantitative estimate of drug-likeness (QED) is 0.697. The van der Waals surface area contributed by atoms with Gasteiger partial charge in [0.1, 0.15) is 0 Å². The van der Waals surface area contributed by atoms with Gasteiger partial charge in [0.15, 0.2) is 0 Å². The molecule has 17 heavy (non-hydrogen) atoms. The van der Waals surface area contributed by atoms with Crippen molar-refractivity contribution in [3.63, 3.8) is 0 Å². The van der Waals surface area contributed by atoms with Crippen LogP contribution in [0, 0.1) is 5.92 Å². The van der Waals surface area contributed by atoms with Crippen LogP contribution in [0.2, 0.25) is 0 Å². The average molecular weight is 239 g/mol. The van der Waals surface area contributed by atoms with Gasteiger partial charge in [0.25, 0.3) is 0 Å². The Morgan fingerprint density at radius 3 is 2.47 bits per heavy atom. The molecule has 2 saturated heterocycles. The maximum atomic E-state index is 12.1. The third kappa shape index (κ3) is 2.77. The van der Waals surface area contributed by atoms with Gasteiger partial charge in [-0.05, 0) is 32.2 Å². The SMILES string of the molecule is CNC(=O)C1CCN(C(=O)C2CCCN2)CC1. The molecule has 0 saturated carbocycles. The molecule has 0 radical (unpaired) electrons. The molecule has 0 aliphatic carbocycles. The van der Waals surface area contributed by atoms with Crippen molar-refractivity contribution in [1.82, 2.24) is 15.5 Å². The van der Waals surface area contributed by atoms with E-state index in [1.165, 1.54) is 0 Å². The summed E-state index contributed by atoms with van der Waals surface area (Å²) in [5.41, 5.74) is 0. The Balaban J connectivity index is 1.82. The molecule has 0 aromatic heterocycles. The maximum Gasteiger partial charge on any atom is 0.239 e. The van der Waals surface area contributed by atoms with E-state index in [0.29, 0.717) is 0 Å². The normalized spacial score (nSPS) is 25.9. The number of carbonyl (C=O) groups is 2. The Labute approximate surface area is 102 Å². The van der Waals surface area contributed by atoms with Crippen LogP contribution in [0.3, 0.4) is 0 Å². The molecule has 2 heterocycles. The van der Waals surface area contributed by atoms with Gasteiger partial charge in [-0.25, -0.2) is 0 Å². The first kappa shape index (κ1) is 12.4. The van der Waals surface area contributed by atoms with Gasteiger partial charge in [-0.1, -0.05) is 0 Å². The Morgan fingerprint density at radius 2 is 1.94 bits per heavy atom. The van der Waals surface area contributed by atoms with Crippen LogP contribution in [0.1, 0.15) is 25.7 Å². The van der Waals surface area contributed by atoms with E-state index < -0.39 is 0 Å². The summed E-state index contributed by atoms with van der Waals surface area (Å²) in [7, 11) is 1.67. The van der Waals surface area contributed by atoms with Crippen LogP contribution in [0.15, 0.2) is 0 Å². The zero-order valence-electron chi connectivity index (χ0n) is 10.4. The summed E-state index contributed by atoms with van der Waals surface area (Å²) in [5, 5.41) is 5.91. The van der Waals surface area contributed by atoms with Crippen LogP contribution in [0.25, 0.3) is 0 Å². The van der Waals surface area contributed by atoms with Crippen LogP contribution < -0.4 is 10.6 Å². The minimum Gasteiger partial charge on any atom is -0.359 e. The molecule has 96 valence electrons. The standard InChI is InChI=1S/C12H21N3O2/c1-13-11(16)9-4-7-15(8-5-9)12(17)10-3-2-6-14-10/h9-10,14H,2-8H2,1H3,(H,13,16). The van der Waals surface area contributed by atoms with Crippen molar-refractivity contribution >= 4 is 11.8 Å². The van der Waals surface area contributed by atoms with Crippen LogP contribution in [0.5, 0.6) is 0 Å². The number of hydrogen-bond donors (Lipinski definition) is 2. The van der Waals surface area contributed by atoms with Gasteiger partial charge >= 0.3 is 0 Å². The molecule has 2 rings (SSSR count). The van der Waals surface area contributed by atoms with Crippen molar-refractivity contribution in [3.05, 3.63) is 0 Å². The molecule has 2 N–H and O–H groups in total. The maximum absolute atomic E-state index is 12.1. The second-order valence-corrected chi connectivity index (χ2v) is 4.86. The fourth-order valence-corrected chi connectivity index (χ4v) is 2.68. The fraction of sp³-hybridized carbons (Fsp3) is 0.833. The van der Waals surface area contributed by atoms with Crippen LogP contribution in [-0.2, 0) is 9.59 Å². The lowest BCUT2D eigenvalue weighted by Gasteiger charge is -2.32. The zero-order chi connectivity index (χ0) is 12.3. The zero-order valence-corrected chi connectivity index (χ0v) is 10.4. The molecule has 5 heteroatoms.